The number of hydrogen-bond acceptors (Lipinski definition) is 3. The molecule has 4 N–H and O–H groups in total. The third-order valence-corrected chi connectivity index (χ3v) is 1.43. The number of nitrogens with two attached hydrogens (primary N) is 1. The van der Waals surface area contributed by atoms with Gasteiger partial charge in [-0.25, -0.2) is 0 Å². The van der Waals surface area contributed by atoms with Gasteiger partial charge < -0.3 is 16.2 Å². The molecular formula is C8H16N2O3. The summed E-state index contributed by atoms with van der Waals surface area (Å²) in [5, 5.41) is 11.0. The molecule has 0 saturated heterocycles. The van der Waals surface area contributed by atoms with Gasteiger partial charge >= 0.3 is 5.97 Å². The fourth-order valence-corrected chi connectivity index (χ4v) is 0.677. The maximum atomic E-state index is 11.0. The van der Waals surface area contributed by atoms with Crippen LogP contribution in [0.5, 0.6) is 0 Å². The summed E-state index contributed by atoms with van der Waals surface area (Å²) in [4.78, 5) is 21.3. The summed E-state index contributed by atoms with van der Waals surface area (Å²) in [5.74, 6) is -1.12. The summed E-state index contributed by atoms with van der Waals surface area (Å²) in [6.45, 7) is 4.46. The van der Waals surface area contributed by atoms with Gasteiger partial charge in [0, 0.05) is 6.54 Å². The van der Waals surface area contributed by atoms with E-state index in [1.807, 2.05) is 13.8 Å². The van der Waals surface area contributed by atoms with Crippen molar-refractivity contribution in [2.45, 2.75) is 26.3 Å². The molecule has 0 spiro atoms. The topological polar surface area (TPSA) is 92.4 Å². The molecule has 1 atom stereocenters. The Kier molecular flexibility index (Phi) is 5.06. The van der Waals surface area contributed by atoms with E-state index in [1.165, 1.54) is 0 Å². The smallest absolute Gasteiger partial charge is 0.321 e. The molecule has 0 heterocycles. The number of amides is 1. The van der Waals surface area contributed by atoms with Crippen molar-refractivity contribution in [3.63, 3.8) is 0 Å². The summed E-state index contributed by atoms with van der Waals surface area (Å²) in [5.41, 5.74) is 5.16. The first kappa shape index (κ1) is 11.9. The van der Waals surface area contributed by atoms with Gasteiger partial charge in [0.1, 0.15) is 6.04 Å². The predicted molar refractivity (Wildman–Crippen MR) is 48.1 cm³/mol. The van der Waals surface area contributed by atoms with Crippen LogP contribution in [0.4, 0.5) is 0 Å². The molecule has 5 nitrogen and oxygen atoms in total. The maximum Gasteiger partial charge on any atom is 0.321 e. The van der Waals surface area contributed by atoms with E-state index in [0.29, 0.717) is 12.5 Å². The summed E-state index contributed by atoms with van der Waals surface area (Å²) in [6, 6.07) is -1.10. The van der Waals surface area contributed by atoms with Crippen LogP contribution in [0.1, 0.15) is 20.3 Å². The lowest BCUT2D eigenvalue weighted by molar-refractivity contribution is -0.140. The number of carbonyl (C=O) groups is 2. The van der Waals surface area contributed by atoms with Gasteiger partial charge in [-0.2, -0.15) is 0 Å². The molecule has 0 aromatic heterocycles. The van der Waals surface area contributed by atoms with Gasteiger partial charge in [0.15, 0.2) is 0 Å². The van der Waals surface area contributed by atoms with Crippen molar-refractivity contribution in [2.24, 2.45) is 11.7 Å². The third kappa shape index (κ3) is 6.10. The molecule has 0 bridgehead atoms. The lowest BCUT2D eigenvalue weighted by atomic mass is 10.2. The van der Waals surface area contributed by atoms with Crippen molar-refractivity contribution in [3.8, 4) is 0 Å². The number of nitrogens with one attached hydrogen (secondary N) is 1. The Balaban J connectivity index is 3.68. The second kappa shape index (κ2) is 5.53. The summed E-state index contributed by atoms with van der Waals surface area (Å²) < 4.78 is 0. The number of hydrogen-bond donors (Lipinski definition) is 3. The Hall–Kier alpha value is -1.10. The highest BCUT2D eigenvalue weighted by molar-refractivity contribution is 5.84. The molecule has 5 heteroatoms. The highest BCUT2D eigenvalue weighted by atomic mass is 16.4. The van der Waals surface area contributed by atoms with Crippen LogP contribution in [0.25, 0.3) is 0 Å². The Bertz CT molecular complexity index is 192. The van der Waals surface area contributed by atoms with Crippen LogP contribution in [0.2, 0.25) is 0 Å². The second-order valence-electron chi connectivity index (χ2n) is 3.35. The second-order valence-corrected chi connectivity index (χ2v) is 3.35. The molecule has 0 aliphatic rings. The van der Waals surface area contributed by atoms with E-state index in [1.54, 1.807) is 0 Å². The molecule has 0 aliphatic heterocycles. The molecule has 0 aromatic rings. The monoisotopic (exact) mass is 188 g/mol. The van der Waals surface area contributed by atoms with E-state index in [-0.39, 0.29) is 12.3 Å². The van der Waals surface area contributed by atoms with Gasteiger partial charge in [0.25, 0.3) is 0 Å². The average molecular weight is 188 g/mol. The molecule has 0 fully saturated rings. The summed E-state index contributed by atoms with van der Waals surface area (Å²) in [6.07, 6.45) is -0.165. The van der Waals surface area contributed by atoms with E-state index in [9.17, 15) is 9.59 Å². The highest BCUT2D eigenvalue weighted by Gasteiger charge is 2.15. The molecule has 0 aliphatic carbocycles. The quantitative estimate of drug-likeness (QED) is 0.545. The zero-order chi connectivity index (χ0) is 10.4. The molecule has 0 rings (SSSR count). The lowest BCUT2D eigenvalue weighted by Gasteiger charge is -2.09. The minimum atomic E-state index is -1.15. The Morgan fingerprint density at radius 3 is 2.38 bits per heavy atom. The van der Waals surface area contributed by atoms with Gasteiger partial charge in [-0.15, -0.1) is 0 Å². The highest BCUT2D eigenvalue weighted by Crippen LogP contribution is 1.91. The van der Waals surface area contributed by atoms with Crippen LogP contribution in [0.15, 0.2) is 0 Å². The minimum Gasteiger partial charge on any atom is -0.480 e. The van der Waals surface area contributed by atoms with Crippen LogP contribution < -0.4 is 11.1 Å². The number of carbonyl (C=O) groups excluding carboxylic acids is 1. The molecule has 0 saturated carbocycles. The van der Waals surface area contributed by atoms with Crippen LogP contribution in [0, 0.1) is 5.92 Å². The Morgan fingerprint density at radius 1 is 1.46 bits per heavy atom. The SMILES string of the molecule is CC(C)CNC(=O)CC(N)C(=O)O. The van der Waals surface area contributed by atoms with Gasteiger partial charge in [-0.05, 0) is 5.92 Å². The largest absolute Gasteiger partial charge is 0.480 e. The zero-order valence-electron chi connectivity index (χ0n) is 7.91. The van der Waals surface area contributed by atoms with Crippen LogP contribution in [-0.2, 0) is 9.59 Å². The molecule has 1 unspecified atom stereocenters. The van der Waals surface area contributed by atoms with Crippen molar-refractivity contribution in [3.05, 3.63) is 0 Å². The third-order valence-electron chi connectivity index (χ3n) is 1.43. The fourth-order valence-electron chi connectivity index (χ4n) is 0.677. The number of aliphatic carboxylic acids is 1. The van der Waals surface area contributed by atoms with Gasteiger partial charge in [-0.3, -0.25) is 9.59 Å². The van der Waals surface area contributed by atoms with E-state index >= 15 is 0 Å². The maximum absolute atomic E-state index is 11.0. The molecule has 0 aromatic carbocycles. The van der Waals surface area contributed by atoms with Crippen molar-refractivity contribution in [1.29, 1.82) is 0 Å². The van der Waals surface area contributed by atoms with Gasteiger partial charge in [0.2, 0.25) is 5.91 Å². The average Bonchev–Trinajstić information content (AvgIpc) is 2.00. The summed E-state index contributed by atoms with van der Waals surface area (Å²) >= 11 is 0. The number of rotatable bonds is 5. The van der Waals surface area contributed by atoms with Crippen molar-refractivity contribution < 1.29 is 14.7 Å². The number of carboxylic acids is 1. The molecule has 0 radical (unpaired) electrons. The molecule has 1 amide bonds. The van der Waals surface area contributed by atoms with E-state index in [0.717, 1.165) is 0 Å². The van der Waals surface area contributed by atoms with Crippen molar-refractivity contribution >= 4 is 11.9 Å². The fraction of sp³-hybridized carbons (Fsp3) is 0.750. The van der Waals surface area contributed by atoms with Gasteiger partial charge in [0.05, 0.1) is 6.42 Å². The van der Waals surface area contributed by atoms with Crippen LogP contribution >= 0.6 is 0 Å². The van der Waals surface area contributed by atoms with Gasteiger partial charge in [-0.1, -0.05) is 13.8 Å². The van der Waals surface area contributed by atoms with E-state index in [2.05, 4.69) is 5.32 Å². The first-order valence-corrected chi connectivity index (χ1v) is 4.18. The van der Waals surface area contributed by atoms with Crippen molar-refractivity contribution in [1.82, 2.24) is 5.32 Å². The molecule has 76 valence electrons. The number of carboxylic acid groups (broad SMARTS) is 1. The van der Waals surface area contributed by atoms with E-state index < -0.39 is 12.0 Å². The van der Waals surface area contributed by atoms with Crippen LogP contribution in [0.3, 0.4) is 0 Å². The Labute approximate surface area is 77.3 Å². The summed E-state index contributed by atoms with van der Waals surface area (Å²) in [7, 11) is 0. The first-order chi connectivity index (χ1) is 5.93. The first-order valence-electron chi connectivity index (χ1n) is 4.18. The van der Waals surface area contributed by atoms with E-state index in [4.69, 9.17) is 10.8 Å². The standard InChI is InChI=1S/C8H16N2O3/c1-5(2)4-10-7(11)3-6(9)8(12)13/h5-6H,3-4,9H2,1-2H3,(H,10,11)(H,12,13). The molecule has 13 heavy (non-hydrogen) atoms. The lowest BCUT2D eigenvalue weighted by Crippen LogP contribution is -2.37. The minimum absolute atomic E-state index is 0.165. The van der Waals surface area contributed by atoms with Crippen molar-refractivity contribution in [2.75, 3.05) is 6.54 Å². The normalized spacial score (nSPS) is 12.6. The van der Waals surface area contributed by atoms with Crippen LogP contribution in [-0.4, -0.2) is 29.6 Å². The zero-order valence-corrected chi connectivity index (χ0v) is 7.91. The molecular weight excluding hydrogens is 172 g/mol. The predicted octanol–water partition coefficient (Wildman–Crippen LogP) is -0.439. The Morgan fingerprint density at radius 2 is 2.00 bits per heavy atom.